The number of morpholine rings is 1. The number of aromatic nitrogens is 2. The summed E-state index contributed by atoms with van der Waals surface area (Å²) < 4.78 is 13.1. The van der Waals surface area contributed by atoms with E-state index in [0.717, 1.165) is 64.6 Å². The van der Waals surface area contributed by atoms with Crippen LogP contribution in [-0.4, -0.2) is 77.9 Å². The molecule has 0 bridgehead atoms. The molecule has 138 valence electrons. The van der Waals surface area contributed by atoms with Crippen molar-refractivity contribution in [1.29, 1.82) is 0 Å². The molecule has 3 aliphatic rings. The van der Waals surface area contributed by atoms with Gasteiger partial charge in [-0.1, -0.05) is 0 Å². The Morgan fingerprint density at radius 3 is 2.64 bits per heavy atom. The van der Waals surface area contributed by atoms with E-state index in [1.165, 1.54) is 0 Å². The smallest absolute Gasteiger partial charge is 0.227 e. The predicted molar refractivity (Wildman–Crippen MR) is 91.9 cm³/mol. The number of carbonyl (C=O) groups is 1. The average Bonchev–Trinajstić information content (AvgIpc) is 3.20. The normalized spacial score (nSPS) is 27.1. The second-order valence-electron chi connectivity index (χ2n) is 7.59. The highest BCUT2D eigenvalue weighted by Gasteiger charge is 2.51. The lowest BCUT2D eigenvalue weighted by Gasteiger charge is -2.40. The van der Waals surface area contributed by atoms with Crippen LogP contribution in [0.1, 0.15) is 18.7 Å². The van der Waals surface area contributed by atoms with Crippen LogP contribution in [0.3, 0.4) is 0 Å². The summed E-state index contributed by atoms with van der Waals surface area (Å²) in [5, 5.41) is 0. The van der Waals surface area contributed by atoms with Gasteiger partial charge in [-0.2, -0.15) is 0 Å². The lowest BCUT2D eigenvalue weighted by molar-refractivity contribution is -0.144. The van der Waals surface area contributed by atoms with E-state index in [0.29, 0.717) is 19.1 Å². The molecule has 1 spiro atoms. The number of hydrogen-bond donors (Lipinski definition) is 0. The topological polar surface area (TPSA) is 59.8 Å². The Kier molecular flexibility index (Phi) is 4.80. The molecule has 0 unspecified atom stereocenters. The van der Waals surface area contributed by atoms with Gasteiger partial charge in [0.05, 0.1) is 25.7 Å². The van der Waals surface area contributed by atoms with Crippen LogP contribution in [-0.2, 0) is 27.9 Å². The standard InChI is InChI=1S/C18H28N4O3/c1-20-5-4-19-16(20)13-21-12-15(17(23)22-6-10-25-11-7-22)18(14-21)2-8-24-9-3-18/h4-5,15H,2-3,6-14H2,1H3/t15-/m0/s1. The van der Waals surface area contributed by atoms with E-state index >= 15 is 0 Å². The summed E-state index contributed by atoms with van der Waals surface area (Å²) in [4.78, 5) is 22.2. The van der Waals surface area contributed by atoms with E-state index < -0.39 is 0 Å². The third-order valence-electron chi connectivity index (χ3n) is 6.11. The summed E-state index contributed by atoms with van der Waals surface area (Å²) in [6.07, 6.45) is 5.77. The maximum absolute atomic E-state index is 13.3. The van der Waals surface area contributed by atoms with E-state index in [1.807, 2.05) is 24.3 Å². The van der Waals surface area contributed by atoms with Crippen LogP contribution in [0.15, 0.2) is 12.4 Å². The molecule has 1 atom stereocenters. The molecule has 7 heteroatoms. The van der Waals surface area contributed by atoms with Crippen molar-refractivity contribution in [3.05, 3.63) is 18.2 Å². The fraction of sp³-hybridized carbons (Fsp3) is 0.778. The largest absolute Gasteiger partial charge is 0.381 e. The zero-order valence-electron chi connectivity index (χ0n) is 15.0. The number of aryl methyl sites for hydroxylation is 1. The molecular formula is C18H28N4O3. The van der Waals surface area contributed by atoms with Gasteiger partial charge in [-0.25, -0.2) is 4.98 Å². The van der Waals surface area contributed by atoms with Gasteiger partial charge in [-0.15, -0.1) is 0 Å². The first-order valence-corrected chi connectivity index (χ1v) is 9.31. The number of nitrogens with zero attached hydrogens (tertiary/aromatic N) is 4. The number of carbonyl (C=O) groups excluding carboxylic acids is 1. The lowest BCUT2D eigenvalue weighted by atomic mass is 9.71. The third-order valence-corrected chi connectivity index (χ3v) is 6.11. The Bertz CT molecular complexity index is 605. The van der Waals surface area contributed by atoms with Crippen LogP contribution in [0, 0.1) is 11.3 Å². The first kappa shape index (κ1) is 17.0. The van der Waals surface area contributed by atoms with Gasteiger partial charge >= 0.3 is 0 Å². The lowest BCUT2D eigenvalue weighted by Crippen LogP contribution is -2.49. The average molecular weight is 348 g/mol. The number of rotatable bonds is 3. The quantitative estimate of drug-likeness (QED) is 0.796. The molecule has 3 fully saturated rings. The molecule has 0 aromatic carbocycles. The van der Waals surface area contributed by atoms with Gasteiger partial charge < -0.3 is 18.9 Å². The Labute approximate surface area is 148 Å². The number of imidazole rings is 1. The summed E-state index contributed by atoms with van der Waals surface area (Å²) in [6, 6.07) is 0. The minimum absolute atomic E-state index is 0.0544. The molecule has 3 aliphatic heterocycles. The molecule has 7 nitrogen and oxygen atoms in total. The molecular weight excluding hydrogens is 320 g/mol. The van der Waals surface area contributed by atoms with Crippen molar-refractivity contribution >= 4 is 5.91 Å². The van der Waals surface area contributed by atoms with E-state index in [1.54, 1.807) is 0 Å². The van der Waals surface area contributed by atoms with Crippen molar-refractivity contribution in [3.8, 4) is 0 Å². The van der Waals surface area contributed by atoms with Crippen LogP contribution in [0.2, 0.25) is 0 Å². The molecule has 4 heterocycles. The monoisotopic (exact) mass is 348 g/mol. The van der Waals surface area contributed by atoms with E-state index in [-0.39, 0.29) is 11.3 Å². The summed E-state index contributed by atoms with van der Waals surface area (Å²) in [6.45, 7) is 6.89. The Morgan fingerprint density at radius 2 is 1.96 bits per heavy atom. The SMILES string of the molecule is Cn1ccnc1CN1C[C@@H](C(=O)N2CCOCC2)C2(CCOCC2)C1. The number of ether oxygens (including phenoxy) is 2. The van der Waals surface area contributed by atoms with Gasteiger partial charge in [-0.3, -0.25) is 9.69 Å². The maximum atomic E-state index is 13.3. The van der Waals surface area contributed by atoms with Crippen LogP contribution in [0.5, 0.6) is 0 Å². The van der Waals surface area contributed by atoms with E-state index in [4.69, 9.17) is 9.47 Å². The highest BCUT2D eigenvalue weighted by molar-refractivity contribution is 5.80. The van der Waals surface area contributed by atoms with Crippen LogP contribution in [0.25, 0.3) is 0 Å². The highest BCUT2D eigenvalue weighted by Crippen LogP contribution is 2.45. The molecule has 0 aliphatic carbocycles. The van der Waals surface area contributed by atoms with E-state index in [9.17, 15) is 4.79 Å². The van der Waals surface area contributed by atoms with Gasteiger partial charge in [0.15, 0.2) is 0 Å². The van der Waals surface area contributed by atoms with Crippen molar-refractivity contribution in [3.63, 3.8) is 0 Å². The fourth-order valence-electron chi connectivity index (χ4n) is 4.57. The van der Waals surface area contributed by atoms with Gasteiger partial charge in [-0.05, 0) is 12.8 Å². The molecule has 1 aromatic heterocycles. The highest BCUT2D eigenvalue weighted by atomic mass is 16.5. The minimum atomic E-state index is 0.0544. The van der Waals surface area contributed by atoms with E-state index in [2.05, 4.69) is 14.5 Å². The Hall–Kier alpha value is -1.44. The molecule has 1 amide bonds. The zero-order chi connectivity index (χ0) is 17.3. The van der Waals surface area contributed by atoms with Crippen molar-refractivity contribution in [1.82, 2.24) is 19.4 Å². The first-order chi connectivity index (χ1) is 12.2. The molecule has 1 aromatic rings. The maximum Gasteiger partial charge on any atom is 0.227 e. The number of likely N-dealkylation sites (tertiary alicyclic amines) is 1. The second-order valence-corrected chi connectivity index (χ2v) is 7.59. The first-order valence-electron chi connectivity index (χ1n) is 9.31. The van der Waals surface area contributed by atoms with Crippen LogP contribution in [0.4, 0.5) is 0 Å². The molecule has 0 N–H and O–H groups in total. The zero-order valence-corrected chi connectivity index (χ0v) is 15.0. The van der Waals surface area contributed by atoms with Crippen molar-refractivity contribution in [2.45, 2.75) is 19.4 Å². The van der Waals surface area contributed by atoms with Crippen molar-refractivity contribution < 1.29 is 14.3 Å². The molecule has 0 radical (unpaired) electrons. The van der Waals surface area contributed by atoms with Crippen LogP contribution < -0.4 is 0 Å². The summed E-state index contributed by atoms with van der Waals surface area (Å²) in [5.41, 5.74) is 0.0544. The van der Waals surface area contributed by atoms with Gasteiger partial charge in [0, 0.05) is 64.2 Å². The van der Waals surface area contributed by atoms with Gasteiger partial charge in [0.25, 0.3) is 0 Å². The third kappa shape index (κ3) is 3.32. The van der Waals surface area contributed by atoms with Crippen molar-refractivity contribution in [2.75, 3.05) is 52.6 Å². The number of hydrogen-bond acceptors (Lipinski definition) is 5. The molecule has 25 heavy (non-hydrogen) atoms. The molecule has 0 saturated carbocycles. The Balaban J connectivity index is 1.52. The molecule has 3 saturated heterocycles. The predicted octanol–water partition coefficient (Wildman–Crippen LogP) is 0.508. The summed E-state index contributed by atoms with van der Waals surface area (Å²) in [7, 11) is 2.03. The van der Waals surface area contributed by atoms with Gasteiger partial charge in [0.1, 0.15) is 5.82 Å². The van der Waals surface area contributed by atoms with Crippen molar-refractivity contribution in [2.24, 2.45) is 18.4 Å². The summed E-state index contributed by atoms with van der Waals surface area (Å²) >= 11 is 0. The van der Waals surface area contributed by atoms with Gasteiger partial charge in [0.2, 0.25) is 5.91 Å². The van der Waals surface area contributed by atoms with Crippen LogP contribution >= 0.6 is 0 Å². The minimum Gasteiger partial charge on any atom is -0.381 e. The fourth-order valence-corrected chi connectivity index (χ4v) is 4.57. The summed E-state index contributed by atoms with van der Waals surface area (Å²) in [5.74, 6) is 1.43. The second kappa shape index (κ2) is 7.05. The molecule has 4 rings (SSSR count). The number of amides is 1. The Morgan fingerprint density at radius 1 is 1.24 bits per heavy atom.